The molecule has 0 saturated heterocycles. The van der Waals surface area contributed by atoms with Crippen LogP contribution in [0.5, 0.6) is 0 Å². The number of quaternary nitrogens is 1. The van der Waals surface area contributed by atoms with Gasteiger partial charge in [-0.05, 0) is 51.4 Å². The highest BCUT2D eigenvalue weighted by Crippen LogP contribution is 2.43. The molecule has 4 atom stereocenters. The molecule has 0 saturated carbocycles. The molecule has 0 aromatic carbocycles. The predicted molar refractivity (Wildman–Crippen MR) is 232 cm³/mol. The number of carbonyl (C=O) groups excluding carboxylic acids is 1. The van der Waals surface area contributed by atoms with Crippen molar-refractivity contribution < 1.29 is 38.0 Å². The second-order valence-electron chi connectivity index (χ2n) is 15.9. The molecule has 1 unspecified atom stereocenters. The van der Waals surface area contributed by atoms with Crippen LogP contribution in [0.2, 0.25) is 0 Å². The molecule has 0 aliphatic carbocycles. The highest BCUT2D eigenvalue weighted by Gasteiger charge is 2.27. The zero-order valence-electron chi connectivity index (χ0n) is 35.8. The molecule has 0 heterocycles. The van der Waals surface area contributed by atoms with E-state index in [0.717, 1.165) is 38.5 Å². The monoisotopic (exact) mass is 796 g/mol. The molecule has 0 spiro atoms. The average molecular weight is 796 g/mol. The predicted octanol–water partition coefficient (Wildman–Crippen LogP) is 10.8. The number of aliphatic hydroxyl groups excluding tert-OH is 2. The molecule has 0 fully saturated rings. The van der Waals surface area contributed by atoms with Crippen LogP contribution in [0, 0.1) is 0 Å². The Morgan fingerprint density at radius 1 is 0.673 bits per heavy atom. The van der Waals surface area contributed by atoms with Gasteiger partial charge < -0.3 is 24.9 Å². The van der Waals surface area contributed by atoms with E-state index in [1.165, 1.54) is 89.9 Å². The zero-order valence-corrected chi connectivity index (χ0v) is 36.7. The first-order chi connectivity index (χ1) is 26.4. The Labute approximate surface area is 337 Å². The Hall–Kier alpha value is -1.84. The van der Waals surface area contributed by atoms with Gasteiger partial charge in [0.1, 0.15) is 13.2 Å². The Balaban J connectivity index is 4.68. The molecule has 320 valence electrons. The summed E-state index contributed by atoms with van der Waals surface area (Å²) in [6.45, 7) is 4.61. The molecular weight excluding hydrogens is 711 g/mol. The third-order valence-electron chi connectivity index (χ3n) is 9.34. The number of likely N-dealkylation sites (N-methyl/N-ethyl adjacent to an activating group) is 1. The van der Waals surface area contributed by atoms with Gasteiger partial charge in [0.15, 0.2) is 0 Å². The molecule has 0 aliphatic rings. The van der Waals surface area contributed by atoms with Crippen molar-refractivity contribution in [3.05, 3.63) is 60.8 Å². The van der Waals surface area contributed by atoms with Gasteiger partial charge in [-0.2, -0.15) is 0 Å². The lowest BCUT2D eigenvalue weighted by atomic mass is 10.0. The van der Waals surface area contributed by atoms with Crippen LogP contribution in [0.15, 0.2) is 60.8 Å². The van der Waals surface area contributed by atoms with Crippen LogP contribution in [0.4, 0.5) is 0 Å². The van der Waals surface area contributed by atoms with E-state index in [1.807, 2.05) is 45.4 Å². The smallest absolute Gasteiger partial charge is 0.389 e. The van der Waals surface area contributed by atoms with Crippen molar-refractivity contribution in [3.8, 4) is 0 Å². The number of phosphoric ester groups is 1. The van der Waals surface area contributed by atoms with Crippen molar-refractivity contribution >= 4 is 13.7 Å². The van der Waals surface area contributed by atoms with Gasteiger partial charge in [0.05, 0.1) is 46.0 Å². The van der Waals surface area contributed by atoms with E-state index in [1.54, 1.807) is 12.2 Å². The third kappa shape index (κ3) is 38.8. The third-order valence-corrected chi connectivity index (χ3v) is 10.3. The lowest BCUT2D eigenvalue weighted by Crippen LogP contribution is -2.45. The number of carbonyl (C=O) groups is 1. The second-order valence-corrected chi connectivity index (χ2v) is 17.4. The van der Waals surface area contributed by atoms with Gasteiger partial charge in [-0.15, -0.1) is 0 Å². The number of allylic oxidation sites excluding steroid dienone is 8. The minimum absolute atomic E-state index is 0.0244. The number of hydrogen-bond acceptors (Lipinski definition) is 6. The first kappa shape index (κ1) is 53.2. The highest BCUT2D eigenvalue weighted by atomic mass is 31.2. The molecule has 0 aliphatic heterocycles. The maximum Gasteiger partial charge on any atom is 0.472 e. The maximum atomic E-state index is 12.9. The molecule has 0 aromatic heterocycles. The minimum atomic E-state index is -4.39. The molecule has 10 heteroatoms. The summed E-state index contributed by atoms with van der Waals surface area (Å²) in [7, 11) is 1.45. The molecule has 55 heavy (non-hydrogen) atoms. The zero-order chi connectivity index (χ0) is 40.9. The minimum Gasteiger partial charge on any atom is -0.389 e. The summed E-state index contributed by atoms with van der Waals surface area (Å²) in [5.41, 5.74) is 0. The van der Waals surface area contributed by atoms with Crippen LogP contribution in [0.3, 0.4) is 0 Å². The summed E-state index contributed by atoms with van der Waals surface area (Å²) < 4.78 is 23.5. The average Bonchev–Trinajstić information content (AvgIpc) is 3.12. The largest absolute Gasteiger partial charge is 0.472 e. The Morgan fingerprint density at radius 3 is 1.82 bits per heavy atom. The van der Waals surface area contributed by atoms with E-state index >= 15 is 0 Å². The fraction of sp³-hybridized carbons (Fsp3) is 0.756. The lowest BCUT2D eigenvalue weighted by molar-refractivity contribution is -0.870. The summed E-state index contributed by atoms with van der Waals surface area (Å²) in [5.74, 6) is -0.338. The molecule has 4 N–H and O–H groups in total. The number of aliphatic hydroxyl groups is 2. The van der Waals surface area contributed by atoms with Crippen molar-refractivity contribution in [1.29, 1.82) is 0 Å². The van der Waals surface area contributed by atoms with E-state index in [4.69, 9.17) is 9.05 Å². The van der Waals surface area contributed by atoms with Gasteiger partial charge in [0.25, 0.3) is 0 Å². The van der Waals surface area contributed by atoms with E-state index in [-0.39, 0.29) is 18.9 Å². The van der Waals surface area contributed by atoms with Crippen molar-refractivity contribution in [3.63, 3.8) is 0 Å². The van der Waals surface area contributed by atoms with Gasteiger partial charge >= 0.3 is 7.82 Å². The van der Waals surface area contributed by atoms with Crippen LogP contribution >= 0.6 is 7.82 Å². The van der Waals surface area contributed by atoms with Crippen LogP contribution in [0.25, 0.3) is 0 Å². The second kappa shape index (κ2) is 36.5. The first-order valence-corrected chi connectivity index (χ1v) is 23.3. The molecule has 0 radical (unpaired) electrons. The summed E-state index contributed by atoms with van der Waals surface area (Å²) >= 11 is 0. The fourth-order valence-corrected chi connectivity index (χ4v) is 6.53. The number of rotatable bonds is 38. The maximum absolute atomic E-state index is 12.9. The Kier molecular flexibility index (Phi) is 35.3. The molecule has 9 nitrogen and oxygen atoms in total. The van der Waals surface area contributed by atoms with Gasteiger partial charge in [-0.25, -0.2) is 4.57 Å². The van der Waals surface area contributed by atoms with Gasteiger partial charge in [0, 0.05) is 6.42 Å². The number of nitrogens with zero attached hydrogens (tertiary/aromatic N) is 1. The van der Waals surface area contributed by atoms with E-state index < -0.39 is 32.7 Å². The summed E-state index contributed by atoms with van der Waals surface area (Å²) in [6, 6.07) is -0.941. The van der Waals surface area contributed by atoms with E-state index in [9.17, 15) is 24.5 Å². The van der Waals surface area contributed by atoms with Crippen molar-refractivity contribution in [2.45, 2.75) is 180 Å². The number of amides is 1. The quantitative estimate of drug-likeness (QED) is 0.0161. The van der Waals surface area contributed by atoms with E-state index in [2.05, 4.69) is 43.5 Å². The Bertz CT molecular complexity index is 1100. The SMILES string of the molecule is CCCCC/C=C\C/C=C\C/C=C\C=C\[C@H](O)CCCC(=O)N[C@@H](COP(=O)(O)OCC[N+](C)(C)C)[C@H](O)/C=C/CCCCCCCCCCCCCCC. The highest BCUT2D eigenvalue weighted by molar-refractivity contribution is 7.47. The van der Waals surface area contributed by atoms with E-state index in [0.29, 0.717) is 23.9 Å². The lowest BCUT2D eigenvalue weighted by Gasteiger charge is -2.25. The first-order valence-electron chi connectivity index (χ1n) is 21.8. The molecular formula is C45H84N2O7P+. The van der Waals surface area contributed by atoms with Crippen molar-refractivity contribution in [1.82, 2.24) is 5.32 Å². The summed E-state index contributed by atoms with van der Waals surface area (Å²) in [4.78, 5) is 23.1. The van der Waals surface area contributed by atoms with Crippen molar-refractivity contribution in [2.75, 3.05) is 40.9 Å². The van der Waals surface area contributed by atoms with Gasteiger partial charge in [0.2, 0.25) is 5.91 Å². The summed E-state index contributed by atoms with van der Waals surface area (Å²) in [5, 5.41) is 24.1. The number of phosphoric acid groups is 1. The number of unbranched alkanes of at least 4 members (excludes halogenated alkanes) is 16. The fourth-order valence-electron chi connectivity index (χ4n) is 5.79. The van der Waals surface area contributed by atoms with Crippen LogP contribution < -0.4 is 5.32 Å². The number of hydrogen-bond donors (Lipinski definition) is 4. The van der Waals surface area contributed by atoms with Crippen LogP contribution in [-0.4, -0.2) is 84.6 Å². The topological polar surface area (TPSA) is 125 Å². The number of nitrogens with one attached hydrogen (secondary N) is 1. The van der Waals surface area contributed by atoms with Gasteiger partial charge in [-0.3, -0.25) is 13.8 Å². The Morgan fingerprint density at radius 2 is 1.20 bits per heavy atom. The molecule has 1 amide bonds. The van der Waals surface area contributed by atoms with Crippen molar-refractivity contribution in [2.24, 2.45) is 0 Å². The normalized spacial score (nSPS) is 15.6. The summed E-state index contributed by atoms with van der Waals surface area (Å²) in [6.07, 6.45) is 43.1. The van der Waals surface area contributed by atoms with Gasteiger partial charge in [-0.1, -0.05) is 164 Å². The standard InChI is InChI=1S/C45H83N2O7P/c1-6-8-10-12-14-16-18-20-21-23-25-27-29-31-33-37-44(49)43(41-54-55(51,52)53-40-39-47(3,4)5)46-45(50)38-34-36-42(48)35-32-30-28-26-24-22-19-17-15-13-11-9-7-2/h15,17,22,24,28,30,32-33,35,37,42-44,48-49H,6-14,16,18-21,23,25-27,29,31,34,36,38-41H2,1-5H3,(H-,46,50,51,52)/p+1/b17-15-,24-22-,30-28-,35-32+,37-33+/t42-,43-,44+/m0/s1. The molecule has 0 bridgehead atoms. The molecule has 0 aromatic rings. The van der Waals surface area contributed by atoms with Crippen LogP contribution in [-0.2, 0) is 18.4 Å². The van der Waals surface area contributed by atoms with Crippen LogP contribution in [0.1, 0.15) is 162 Å². The molecule has 0 rings (SSSR count).